The van der Waals surface area contributed by atoms with Crippen molar-refractivity contribution in [3.63, 3.8) is 0 Å². The van der Waals surface area contributed by atoms with E-state index in [9.17, 15) is 0 Å². The van der Waals surface area contributed by atoms with Gasteiger partial charge in [0, 0.05) is 22.3 Å². The van der Waals surface area contributed by atoms with Gasteiger partial charge in [-0.1, -0.05) is 281 Å². The van der Waals surface area contributed by atoms with Crippen molar-refractivity contribution in [2.24, 2.45) is 0 Å². The Hall–Kier alpha value is -8.81. The number of rotatable bonds is 10. The summed E-state index contributed by atoms with van der Waals surface area (Å²) in [5, 5.41) is 0. The molecule has 0 aromatic heterocycles. The Morgan fingerprint density at radius 3 is 0.662 bits per heavy atom. The van der Waals surface area contributed by atoms with Crippen LogP contribution in [0.1, 0.15) is 111 Å². The quantitative estimate of drug-likeness (QED) is 0.0727. The third-order valence-corrected chi connectivity index (χ3v) is 16.0. The van der Waals surface area contributed by atoms with E-state index in [2.05, 4.69) is 313 Å². The highest BCUT2D eigenvalue weighted by Crippen LogP contribution is 2.37. The van der Waals surface area contributed by atoms with Crippen LogP contribution >= 0.6 is 0 Å². The summed E-state index contributed by atoms with van der Waals surface area (Å²) in [4.78, 5) is 0. The zero-order valence-electron chi connectivity index (χ0n) is 48.8. The minimum atomic E-state index is 0.122. The lowest BCUT2D eigenvalue weighted by Gasteiger charge is -2.24. The largest absolute Gasteiger partial charge is 0.242 e. The Kier molecular flexibility index (Phi) is 16.1. The van der Waals surface area contributed by atoms with E-state index in [1.165, 1.54) is 99.5 Å². The normalized spacial score (nSPS) is 11.2. The van der Waals surface area contributed by atoms with Crippen LogP contribution in [0.5, 0.6) is 0 Å². The molecule has 0 atom stereocenters. The van der Waals surface area contributed by atoms with Crippen LogP contribution in [0, 0.1) is 107 Å². The molecule has 0 aliphatic heterocycles. The van der Waals surface area contributed by atoms with Gasteiger partial charge in [0.1, 0.15) is 0 Å². The first-order valence-corrected chi connectivity index (χ1v) is 28.2. The topological polar surface area (TPSA) is 0 Å². The van der Waals surface area contributed by atoms with Crippen molar-refractivity contribution in [1.29, 1.82) is 0 Å². The van der Waals surface area contributed by atoms with Crippen LogP contribution in [-0.2, 0) is 0 Å². The molecule has 388 valence electrons. The lowest BCUT2D eigenvalue weighted by Crippen LogP contribution is -2.55. The molecular formula is C78H70B2. The maximum absolute atomic E-state index is 3.50. The van der Waals surface area contributed by atoms with Gasteiger partial charge in [-0.25, -0.2) is 0 Å². The van der Waals surface area contributed by atoms with Gasteiger partial charge in [-0.3, -0.25) is 0 Å². The van der Waals surface area contributed by atoms with Gasteiger partial charge < -0.3 is 0 Å². The van der Waals surface area contributed by atoms with Gasteiger partial charge in [-0.15, -0.1) is 0 Å². The molecule has 0 radical (unpaired) electrons. The van der Waals surface area contributed by atoms with Gasteiger partial charge in [-0.2, -0.15) is 0 Å². The van der Waals surface area contributed by atoms with E-state index in [1.54, 1.807) is 0 Å². The van der Waals surface area contributed by atoms with E-state index in [-0.39, 0.29) is 13.4 Å². The van der Waals surface area contributed by atoms with Crippen LogP contribution in [0.25, 0.3) is 11.1 Å². The average Bonchev–Trinajstić information content (AvgIpc) is 3.43. The molecule has 2 heteroatoms. The summed E-state index contributed by atoms with van der Waals surface area (Å²) >= 11 is 0. The number of benzene rings is 10. The first-order valence-electron chi connectivity index (χ1n) is 28.2. The third-order valence-electron chi connectivity index (χ3n) is 16.0. The monoisotopic (exact) mass is 1030 g/mol. The van der Waals surface area contributed by atoms with E-state index in [0.29, 0.717) is 0 Å². The average molecular weight is 1030 g/mol. The van der Waals surface area contributed by atoms with Crippen molar-refractivity contribution in [1.82, 2.24) is 0 Å². The second kappa shape index (κ2) is 23.7. The summed E-state index contributed by atoms with van der Waals surface area (Å²) in [6.45, 7) is 27.1. The van der Waals surface area contributed by atoms with Gasteiger partial charge in [0.15, 0.2) is 0 Å². The Morgan fingerprint density at radius 2 is 0.438 bits per heavy atom. The summed E-state index contributed by atoms with van der Waals surface area (Å²) in [5.41, 5.74) is 34.7. The van der Waals surface area contributed by atoms with E-state index in [0.717, 1.165) is 55.7 Å². The minimum Gasteiger partial charge on any atom is -0.0685 e. The van der Waals surface area contributed by atoms with Gasteiger partial charge in [0.2, 0.25) is 13.4 Å². The molecule has 0 aliphatic rings. The van der Waals surface area contributed by atoms with Crippen molar-refractivity contribution in [3.05, 3.63) is 318 Å². The molecule has 0 heterocycles. The Labute approximate surface area is 478 Å². The fraction of sp³-hybridized carbons (Fsp3) is 0.154. The molecule has 0 spiro atoms. The SMILES string of the molecule is Cc1cc(C)c(B(c2ccc(C#Cc3ccc(/C(=C(\c4ccccc4)c4ccc(C#Cc5ccc(B(c6c(C)cc(C)cc6C)c6c(C)cc(C)cc6C)cc5)cc4)c4ccccc4)cc3)cc2)c2c(C)cc(C)cc2C)c(C)c1. The Morgan fingerprint density at radius 1 is 0.237 bits per heavy atom. The summed E-state index contributed by atoms with van der Waals surface area (Å²) in [7, 11) is 0. The Bertz CT molecular complexity index is 3600. The van der Waals surface area contributed by atoms with E-state index in [1.807, 2.05) is 0 Å². The molecule has 0 amide bonds. The molecule has 10 aromatic rings. The van der Waals surface area contributed by atoms with Crippen LogP contribution in [0.3, 0.4) is 0 Å². The molecule has 0 nitrogen and oxygen atoms in total. The molecular weight excluding hydrogens is 958 g/mol. The third kappa shape index (κ3) is 11.8. The van der Waals surface area contributed by atoms with Gasteiger partial charge in [-0.05, 0) is 165 Å². The van der Waals surface area contributed by atoms with Gasteiger partial charge in [0.05, 0.1) is 0 Å². The predicted molar refractivity (Wildman–Crippen MR) is 348 cm³/mol. The molecule has 0 saturated carbocycles. The van der Waals surface area contributed by atoms with Crippen molar-refractivity contribution in [2.75, 3.05) is 0 Å². The maximum Gasteiger partial charge on any atom is 0.242 e. The second-order valence-electron chi connectivity index (χ2n) is 22.5. The minimum absolute atomic E-state index is 0.122. The first-order chi connectivity index (χ1) is 38.6. The van der Waals surface area contributed by atoms with Crippen molar-refractivity contribution >= 4 is 57.3 Å². The molecule has 0 unspecified atom stereocenters. The van der Waals surface area contributed by atoms with Crippen LogP contribution < -0.4 is 32.8 Å². The summed E-state index contributed by atoms with van der Waals surface area (Å²) in [5.74, 6) is 14.0. The van der Waals surface area contributed by atoms with Crippen molar-refractivity contribution in [3.8, 4) is 23.7 Å². The van der Waals surface area contributed by atoms with Crippen LogP contribution in [0.2, 0.25) is 0 Å². The predicted octanol–water partition coefficient (Wildman–Crippen LogP) is 14.2. The number of hydrogen-bond acceptors (Lipinski definition) is 0. The lowest BCUT2D eigenvalue weighted by atomic mass is 9.34. The van der Waals surface area contributed by atoms with Gasteiger partial charge in [0.25, 0.3) is 0 Å². The first kappa shape index (κ1) is 54.5. The highest BCUT2D eigenvalue weighted by molar-refractivity contribution is 6.97. The molecule has 0 bridgehead atoms. The lowest BCUT2D eigenvalue weighted by molar-refractivity contribution is 1.34. The highest BCUT2D eigenvalue weighted by Gasteiger charge is 2.30. The standard InChI is InChI=1S/C78H70B2/c1-51-43-55(5)75(56(6)44-51)79(76-57(7)45-52(2)46-58(76)8)71-39-31-65(32-40-71)25-23-63-27-35-69(36-28-63)73(67-19-15-13-16-20-67)74(68-21-17-14-18-22-68)70-37-29-64(30-38-70)24-26-66-33-41-72(42-34-66)80(77-59(9)47-53(3)48-60(77)10)78-61(11)49-54(4)50-62(78)12/h13-22,27-50H,1-12H3/b74-73+. The molecule has 0 aliphatic carbocycles. The molecule has 0 fully saturated rings. The smallest absolute Gasteiger partial charge is 0.0685 e. The van der Waals surface area contributed by atoms with Crippen molar-refractivity contribution in [2.45, 2.75) is 83.1 Å². The molecule has 0 saturated heterocycles. The second-order valence-corrected chi connectivity index (χ2v) is 22.5. The van der Waals surface area contributed by atoms with Crippen LogP contribution in [0.15, 0.2) is 206 Å². The molecule has 0 N–H and O–H groups in total. The number of hydrogen-bond donors (Lipinski definition) is 0. The summed E-state index contributed by atoms with van der Waals surface area (Å²) in [6.07, 6.45) is 0. The summed E-state index contributed by atoms with van der Waals surface area (Å²) in [6, 6.07) is 75.5. The number of aryl methyl sites for hydroxylation is 12. The van der Waals surface area contributed by atoms with E-state index in [4.69, 9.17) is 0 Å². The maximum atomic E-state index is 3.50. The summed E-state index contributed by atoms with van der Waals surface area (Å²) < 4.78 is 0. The van der Waals surface area contributed by atoms with E-state index < -0.39 is 0 Å². The molecule has 80 heavy (non-hydrogen) atoms. The fourth-order valence-electron chi connectivity index (χ4n) is 12.9. The van der Waals surface area contributed by atoms with Crippen molar-refractivity contribution < 1.29 is 0 Å². The fourth-order valence-corrected chi connectivity index (χ4v) is 12.9. The zero-order valence-corrected chi connectivity index (χ0v) is 48.8. The van der Waals surface area contributed by atoms with Crippen LogP contribution in [0.4, 0.5) is 0 Å². The zero-order chi connectivity index (χ0) is 56.2. The highest BCUT2D eigenvalue weighted by atomic mass is 14.2. The molecule has 10 aromatic carbocycles. The van der Waals surface area contributed by atoms with E-state index >= 15 is 0 Å². The molecule has 10 rings (SSSR count). The van der Waals surface area contributed by atoms with Gasteiger partial charge >= 0.3 is 0 Å². The Balaban J connectivity index is 0.951. The van der Waals surface area contributed by atoms with Crippen LogP contribution in [-0.4, -0.2) is 13.4 Å².